The highest BCUT2D eigenvalue weighted by Crippen LogP contribution is 2.55. The van der Waals surface area contributed by atoms with Crippen LogP contribution >= 0.6 is 0 Å². The third-order valence-corrected chi connectivity index (χ3v) is 5.85. The number of fused-ring (bicyclic) bond motifs is 1. The van der Waals surface area contributed by atoms with Crippen molar-refractivity contribution in [2.24, 2.45) is 22.7 Å². The second-order valence-electron chi connectivity index (χ2n) is 8.22. The first kappa shape index (κ1) is 14.9. The highest BCUT2D eigenvalue weighted by Gasteiger charge is 2.47. The molecule has 3 atom stereocenters. The molecule has 3 rings (SSSR count). The topological polar surface area (TPSA) is 26.3 Å². The standard InChI is InChI=1S/C19H28O2/c1-5-14-15(8-7-13-11-21-17(20)16(13)14)19(4)10-6-9-18(2,3)12-19/h5,8,13,16H,6-7,9-12H2,1-4H3/b14-5+/t13-,16+,19-/m1/s1. The lowest BCUT2D eigenvalue weighted by Gasteiger charge is -2.46. The minimum absolute atomic E-state index is 0.00244. The summed E-state index contributed by atoms with van der Waals surface area (Å²) in [5, 5.41) is 0. The molecule has 0 aromatic heterocycles. The number of hydrogen-bond acceptors (Lipinski definition) is 2. The monoisotopic (exact) mass is 288 g/mol. The van der Waals surface area contributed by atoms with E-state index in [0.717, 1.165) is 6.42 Å². The van der Waals surface area contributed by atoms with Crippen LogP contribution in [-0.4, -0.2) is 12.6 Å². The average Bonchev–Trinajstić information content (AvgIpc) is 2.78. The van der Waals surface area contributed by atoms with Gasteiger partial charge in [0.2, 0.25) is 0 Å². The molecule has 0 amide bonds. The predicted octanol–water partition coefficient (Wildman–Crippen LogP) is 4.66. The molecule has 0 N–H and O–H groups in total. The number of rotatable bonds is 1. The van der Waals surface area contributed by atoms with E-state index >= 15 is 0 Å². The zero-order valence-corrected chi connectivity index (χ0v) is 13.9. The Balaban J connectivity index is 1.96. The van der Waals surface area contributed by atoms with Crippen molar-refractivity contribution < 1.29 is 9.53 Å². The zero-order valence-electron chi connectivity index (χ0n) is 13.9. The van der Waals surface area contributed by atoms with Gasteiger partial charge < -0.3 is 4.74 Å². The largest absolute Gasteiger partial charge is 0.465 e. The third kappa shape index (κ3) is 2.47. The van der Waals surface area contributed by atoms with Crippen LogP contribution in [0.4, 0.5) is 0 Å². The smallest absolute Gasteiger partial charge is 0.313 e. The summed E-state index contributed by atoms with van der Waals surface area (Å²) < 4.78 is 5.33. The lowest BCUT2D eigenvalue weighted by atomic mass is 9.58. The molecule has 0 bridgehead atoms. The summed E-state index contributed by atoms with van der Waals surface area (Å²) in [5.74, 6) is 0.363. The maximum absolute atomic E-state index is 12.1. The van der Waals surface area contributed by atoms with Gasteiger partial charge in [-0.15, -0.1) is 0 Å². The summed E-state index contributed by atoms with van der Waals surface area (Å²) >= 11 is 0. The molecule has 2 aliphatic carbocycles. The van der Waals surface area contributed by atoms with Crippen molar-refractivity contribution >= 4 is 5.97 Å². The minimum Gasteiger partial charge on any atom is -0.465 e. The highest BCUT2D eigenvalue weighted by atomic mass is 16.5. The lowest BCUT2D eigenvalue weighted by Crippen LogP contribution is -2.36. The van der Waals surface area contributed by atoms with E-state index in [4.69, 9.17) is 4.74 Å². The molecular formula is C19H28O2. The normalized spacial score (nSPS) is 40.7. The van der Waals surface area contributed by atoms with E-state index in [-0.39, 0.29) is 17.3 Å². The second-order valence-corrected chi connectivity index (χ2v) is 8.22. The first-order chi connectivity index (χ1) is 9.86. The molecular weight excluding hydrogens is 260 g/mol. The molecule has 1 saturated heterocycles. The Morgan fingerprint density at radius 3 is 2.71 bits per heavy atom. The summed E-state index contributed by atoms with van der Waals surface area (Å²) in [6.45, 7) is 9.86. The molecule has 0 unspecified atom stereocenters. The number of carbonyl (C=O) groups excluding carboxylic acids is 1. The van der Waals surface area contributed by atoms with Gasteiger partial charge in [-0.2, -0.15) is 0 Å². The van der Waals surface area contributed by atoms with Gasteiger partial charge in [-0.25, -0.2) is 0 Å². The Labute approximate surface area is 128 Å². The first-order valence-electron chi connectivity index (χ1n) is 8.40. The number of carbonyl (C=O) groups is 1. The summed E-state index contributed by atoms with van der Waals surface area (Å²) in [6, 6.07) is 0. The molecule has 2 nitrogen and oxygen atoms in total. The van der Waals surface area contributed by atoms with Gasteiger partial charge in [-0.05, 0) is 54.6 Å². The first-order valence-corrected chi connectivity index (χ1v) is 8.40. The van der Waals surface area contributed by atoms with E-state index in [1.54, 1.807) is 0 Å². The number of esters is 1. The molecule has 3 aliphatic rings. The molecule has 1 heterocycles. The van der Waals surface area contributed by atoms with Crippen molar-refractivity contribution in [3.05, 3.63) is 23.3 Å². The van der Waals surface area contributed by atoms with Crippen molar-refractivity contribution in [2.45, 2.75) is 59.8 Å². The van der Waals surface area contributed by atoms with Crippen LogP contribution in [-0.2, 0) is 9.53 Å². The number of allylic oxidation sites excluding steroid dienone is 3. The van der Waals surface area contributed by atoms with Gasteiger partial charge in [-0.1, -0.05) is 39.3 Å². The number of cyclic esters (lactones) is 1. The molecule has 1 saturated carbocycles. The Hall–Kier alpha value is -1.05. The van der Waals surface area contributed by atoms with Gasteiger partial charge in [0.05, 0.1) is 12.5 Å². The third-order valence-electron chi connectivity index (χ3n) is 5.85. The fourth-order valence-electron chi connectivity index (χ4n) is 5.06. The van der Waals surface area contributed by atoms with Crippen molar-refractivity contribution in [3.8, 4) is 0 Å². The van der Waals surface area contributed by atoms with Gasteiger partial charge in [0, 0.05) is 5.92 Å². The van der Waals surface area contributed by atoms with Gasteiger partial charge in [0.25, 0.3) is 0 Å². The van der Waals surface area contributed by atoms with Crippen LogP contribution in [0.15, 0.2) is 23.3 Å². The Morgan fingerprint density at radius 2 is 2.05 bits per heavy atom. The van der Waals surface area contributed by atoms with E-state index in [1.807, 2.05) is 0 Å². The number of ether oxygens (including phenoxy) is 1. The van der Waals surface area contributed by atoms with Crippen LogP contribution in [0.2, 0.25) is 0 Å². The van der Waals surface area contributed by atoms with E-state index in [0.29, 0.717) is 17.9 Å². The summed E-state index contributed by atoms with van der Waals surface area (Å²) in [6.07, 6.45) is 10.6. The van der Waals surface area contributed by atoms with Crippen molar-refractivity contribution in [2.75, 3.05) is 6.61 Å². The fraction of sp³-hybridized carbons (Fsp3) is 0.737. The van der Waals surface area contributed by atoms with Gasteiger partial charge >= 0.3 is 5.97 Å². The van der Waals surface area contributed by atoms with Crippen LogP contribution < -0.4 is 0 Å². The molecule has 2 fully saturated rings. The molecule has 0 aromatic carbocycles. The van der Waals surface area contributed by atoms with Crippen molar-refractivity contribution in [1.82, 2.24) is 0 Å². The minimum atomic E-state index is -0.00290. The van der Waals surface area contributed by atoms with E-state index in [2.05, 4.69) is 39.8 Å². The SMILES string of the molecule is C/C=C1\C([C@]2(C)CCCC(C)(C)C2)=CC[C@@H]2COC(=O)[C@H]12. The Bertz CT molecular complexity index is 512. The lowest BCUT2D eigenvalue weighted by molar-refractivity contribution is -0.140. The average molecular weight is 288 g/mol. The quantitative estimate of drug-likeness (QED) is 0.656. The van der Waals surface area contributed by atoms with E-state index in [9.17, 15) is 4.79 Å². The van der Waals surface area contributed by atoms with Crippen LogP contribution in [0.5, 0.6) is 0 Å². The maximum Gasteiger partial charge on any atom is 0.313 e. The maximum atomic E-state index is 12.1. The fourth-order valence-corrected chi connectivity index (χ4v) is 5.06. The van der Waals surface area contributed by atoms with Gasteiger partial charge in [0.1, 0.15) is 0 Å². The van der Waals surface area contributed by atoms with E-state index in [1.165, 1.54) is 36.8 Å². The van der Waals surface area contributed by atoms with Crippen molar-refractivity contribution in [3.63, 3.8) is 0 Å². The molecule has 21 heavy (non-hydrogen) atoms. The molecule has 0 aromatic rings. The predicted molar refractivity (Wildman–Crippen MR) is 84.8 cm³/mol. The highest BCUT2D eigenvalue weighted by molar-refractivity contribution is 5.80. The van der Waals surface area contributed by atoms with Crippen LogP contribution in [0, 0.1) is 22.7 Å². The van der Waals surface area contributed by atoms with Crippen LogP contribution in [0.1, 0.15) is 59.8 Å². The van der Waals surface area contributed by atoms with Crippen LogP contribution in [0.25, 0.3) is 0 Å². The molecule has 2 heteroatoms. The number of hydrogen-bond donors (Lipinski definition) is 0. The molecule has 1 aliphatic heterocycles. The summed E-state index contributed by atoms with van der Waals surface area (Å²) in [4.78, 5) is 12.1. The van der Waals surface area contributed by atoms with E-state index < -0.39 is 0 Å². The van der Waals surface area contributed by atoms with Crippen LogP contribution in [0.3, 0.4) is 0 Å². The van der Waals surface area contributed by atoms with Crippen molar-refractivity contribution in [1.29, 1.82) is 0 Å². The molecule has 0 spiro atoms. The molecule has 116 valence electrons. The second kappa shape index (κ2) is 5.00. The molecule has 0 radical (unpaired) electrons. The summed E-state index contributed by atoms with van der Waals surface area (Å²) in [5.41, 5.74) is 3.32. The summed E-state index contributed by atoms with van der Waals surface area (Å²) in [7, 11) is 0. The zero-order chi connectivity index (χ0) is 15.3. The Kier molecular flexibility index (Phi) is 3.54. The van der Waals surface area contributed by atoms with Gasteiger partial charge in [0.15, 0.2) is 0 Å². The Morgan fingerprint density at radius 1 is 1.29 bits per heavy atom. The van der Waals surface area contributed by atoms with Gasteiger partial charge in [-0.3, -0.25) is 4.79 Å².